The lowest BCUT2D eigenvalue weighted by atomic mass is 10.3. The molecule has 0 radical (unpaired) electrons. The zero-order chi connectivity index (χ0) is 10.1. The molecule has 0 spiro atoms. The molecule has 1 aromatic carbocycles. The van der Waals surface area contributed by atoms with Crippen molar-refractivity contribution in [1.29, 1.82) is 0 Å². The predicted molar refractivity (Wildman–Crippen MR) is 57.1 cm³/mol. The van der Waals surface area contributed by atoms with Gasteiger partial charge in [-0.15, -0.1) is 11.6 Å². The van der Waals surface area contributed by atoms with Gasteiger partial charge in [0.15, 0.2) is 0 Å². The summed E-state index contributed by atoms with van der Waals surface area (Å²) in [4.78, 5) is 10.7. The van der Waals surface area contributed by atoms with Crippen molar-refractivity contribution in [3.8, 4) is 0 Å². The Labute approximate surface area is 83.9 Å². The van der Waals surface area contributed by atoms with Crippen LogP contribution in [0.3, 0.4) is 0 Å². The maximum atomic E-state index is 10.7. The Bertz CT molecular complexity index is 236. The van der Waals surface area contributed by atoms with Gasteiger partial charge in [-0.3, -0.25) is 4.79 Å². The van der Waals surface area contributed by atoms with Gasteiger partial charge in [0.25, 0.3) is 0 Å². The Hall–Kier alpha value is -1.02. The van der Waals surface area contributed by atoms with E-state index in [1.54, 1.807) is 0 Å². The van der Waals surface area contributed by atoms with E-state index >= 15 is 0 Å². The lowest BCUT2D eigenvalue weighted by Gasteiger charge is -2.00. The molecule has 3 heteroatoms. The van der Waals surface area contributed by atoms with Crippen molar-refractivity contribution >= 4 is 23.2 Å². The fraction of sp³-hybridized carbons (Fsp3) is 0.300. The predicted octanol–water partition coefficient (Wildman–Crippen LogP) is 2.89. The minimum absolute atomic E-state index is 0.00507. The average Bonchev–Trinajstić information content (AvgIpc) is 2.22. The van der Waals surface area contributed by atoms with Gasteiger partial charge < -0.3 is 5.32 Å². The summed E-state index contributed by atoms with van der Waals surface area (Å²) in [5, 5.41) is 2.62. The number of para-hydroxylation sites is 1. The van der Waals surface area contributed by atoms with Gasteiger partial charge in [-0.1, -0.05) is 32.0 Å². The molecule has 0 saturated heterocycles. The summed E-state index contributed by atoms with van der Waals surface area (Å²) in [7, 11) is 0. The Kier molecular flexibility index (Phi) is 7.02. The maximum absolute atomic E-state index is 10.7. The third-order valence-electron chi connectivity index (χ3n) is 1.18. The van der Waals surface area contributed by atoms with E-state index in [-0.39, 0.29) is 11.8 Å². The molecule has 72 valence electrons. The summed E-state index contributed by atoms with van der Waals surface area (Å²) < 4.78 is 0. The molecule has 1 rings (SSSR count). The Morgan fingerprint density at radius 2 is 1.85 bits per heavy atom. The number of hydrogen-bond donors (Lipinski definition) is 1. The van der Waals surface area contributed by atoms with E-state index in [4.69, 9.17) is 11.6 Å². The minimum atomic E-state index is -0.183. The third-order valence-corrected chi connectivity index (χ3v) is 1.42. The van der Waals surface area contributed by atoms with Crippen LogP contribution in [0.1, 0.15) is 13.8 Å². The molecule has 0 aliphatic rings. The molecule has 0 heterocycles. The minimum Gasteiger partial charge on any atom is -0.325 e. The van der Waals surface area contributed by atoms with Gasteiger partial charge in [0, 0.05) is 5.69 Å². The molecule has 1 amide bonds. The number of carbonyl (C=O) groups is 1. The fourth-order valence-corrected chi connectivity index (χ4v) is 0.783. The van der Waals surface area contributed by atoms with Crippen molar-refractivity contribution in [2.45, 2.75) is 13.8 Å². The van der Waals surface area contributed by atoms with Crippen LogP contribution in [0.5, 0.6) is 0 Å². The summed E-state index contributed by atoms with van der Waals surface area (Å²) in [5.41, 5.74) is 0.776. The quantitative estimate of drug-likeness (QED) is 0.730. The van der Waals surface area contributed by atoms with E-state index in [0.29, 0.717) is 0 Å². The van der Waals surface area contributed by atoms with Crippen LogP contribution in [-0.4, -0.2) is 11.8 Å². The standard InChI is InChI=1S/C8H8ClNO.C2H6/c9-6-8(11)10-7-4-2-1-3-5-7;1-2/h1-5H,6H2,(H,10,11);1-2H3. The molecule has 1 N–H and O–H groups in total. The highest BCUT2D eigenvalue weighted by Gasteiger charge is 1.96. The molecule has 13 heavy (non-hydrogen) atoms. The van der Waals surface area contributed by atoms with E-state index in [1.807, 2.05) is 44.2 Å². The van der Waals surface area contributed by atoms with E-state index in [0.717, 1.165) is 5.69 Å². The summed E-state index contributed by atoms with van der Waals surface area (Å²) in [6.45, 7) is 4.00. The Balaban J connectivity index is 0.000000671. The molecule has 0 fully saturated rings. The van der Waals surface area contributed by atoms with Crippen molar-refractivity contribution in [3.05, 3.63) is 30.3 Å². The van der Waals surface area contributed by atoms with Gasteiger partial charge in [-0.25, -0.2) is 0 Å². The number of amides is 1. The number of halogens is 1. The van der Waals surface area contributed by atoms with Gasteiger partial charge in [0.05, 0.1) is 0 Å². The number of rotatable bonds is 2. The number of nitrogens with one attached hydrogen (secondary N) is 1. The van der Waals surface area contributed by atoms with Crippen LogP contribution >= 0.6 is 11.6 Å². The molecule has 0 atom stereocenters. The van der Waals surface area contributed by atoms with Crippen LogP contribution in [0.4, 0.5) is 5.69 Å². The highest BCUT2D eigenvalue weighted by atomic mass is 35.5. The molecule has 0 aliphatic carbocycles. The number of carbonyl (C=O) groups excluding carboxylic acids is 1. The van der Waals surface area contributed by atoms with E-state index in [9.17, 15) is 4.79 Å². The van der Waals surface area contributed by atoms with Gasteiger partial charge in [0.1, 0.15) is 5.88 Å². The van der Waals surface area contributed by atoms with Gasteiger partial charge in [-0.05, 0) is 12.1 Å². The highest BCUT2D eigenvalue weighted by molar-refractivity contribution is 6.29. The van der Waals surface area contributed by atoms with Crippen molar-refractivity contribution in [3.63, 3.8) is 0 Å². The third kappa shape index (κ3) is 5.26. The first-order chi connectivity index (χ1) is 6.33. The Morgan fingerprint density at radius 3 is 2.31 bits per heavy atom. The summed E-state index contributed by atoms with van der Waals surface area (Å²) >= 11 is 5.29. The second kappa shape index (κ2) is 7.62. The second-order valence-corrected chi connectivity index (χ2v) is 2.32. The molecule has 1 aromatic rings. The average molecular weight is 200 g/mol. The van der Waals surface area contributed by atoms with E-state index in [1.165, 1.54) is 0 Å². The first kappa shape index (κ1) is 12.0. The number of anilines is 1. The number of hydrogen-bond acceptors (Lipinski definition) is 1. The molecule has 0 aliphatic heterocycles. The molecular weight excluding hydrogens is 186 g/mol. The van der Waals surface area contributed by atoms with Gasteiger partial charge in [-0.2, -0.15) is 0 Å². The van der Waals surface area contributed by atoms with Crippen molar-refractivity contribution in [2.24, 2.45) is 0 Å². The lowest BCUT2D eigenvalue weighted by molar-refractivity contribution is -0.113. The monoisotopic (exact) mass is 199 g/mol. The zero-order valence-corrected chi connectivity index (χ0v) is 8.64. The second-order valence-electron chi connectivity index (χ2n) is 2.05. The van der Waals surface area contributed by atoms with Crippen LogP contribution < -0.4 is 5.32 Å². The first-order valence-electron chi connectivity index (χ1n) is 4.24. The molecule has 2 nitrogen and oxygen atoms in total. The molecule has 0 saturated carbocycles. The van der Waals surface area contributed by atoms with Crippen LogP contribution in [0.25, 0.3) is 0 Å². The largest absolute Gasteiger partial charge is 0.325 e. The van der Waals surface area contributed by atoms with Crippen LogP contribution in [0.2, 0.25) is 0 Å². The maximum Gasteiger partial charge on any atom is 0.239 e. The smallest absolute Gasteiger partial charge is 0.239 e. The molecule has 0 aromatic heterocycles. The van der Waals surface area contributed by atoms with Crippen molar-refractivity contribution in [1.82, 2.24) is 0 Å². The Morgan fingerprint density at radius 1 is 1.31 bits per heavy atom. The first-order valence-corrected chi connectivity index (χ1v) is 4.77. The zero-order valence-electron chi connectivity index (χ0n) is 7.88. The summed E-state index contributed by atoms with van der Waals surface area (Å²) in [6.07, 6.45) is 0. The van der Waals surface area contributed by atoms with Crippen LogP contribution in [0.15, 0.2) is 30.3 Å². The molecular formula is C10H14ClNO. The lowest BCUT2D eigenvalue weighted by Crippen LogP contribution is -2.12. The molecule has 0 unspecified atom stereocenters. The summed E-state index contributed by atoms with van der Waals surface area (Å²) in [5.74, 6) is -0.188. The van der Waals surface area contributed by atoms with E-state index < -0.39 is 0 Å². The van der Waals surface area contributed by atoms with Crippen molar-refractivity contribution in [2.75, 3.05) is 11.2 Å². The SMILES string of the molecule is CC.O=C(CCl)Nc1ccccc1. The van der Waals surface area contributed by atoms with E-state index in [2.05, 4.69) is 5.32 Å². The van der Waals surface area contributed by atoms with Crippen LogP contribution in [-0.2, 0) is 4.79 Å². The van der Waals surface area contributed by atoms with Gasteiger partial charge >= 0.3 is 0 Å². The van der Waals surface area contributed by atoms with Crippen molar-refractivity contribution < 1.29 is 4.79 Å². The summed E-state index contributed by atoms with van der Waals surface area (Å²) in [6, 6.07) is 9.21. The van der Waals surface area contributed by atoms with Crippen LogP contribution in [0, 0.1) is 0 Å². The fourth-order valence-electron chi connectivity index (χ4n) is 0.716. The van der Waals surface area contributed by atoms with Gasteiger partial charge in [0.2, 0.25) is 5.91 Å². The normalized spacial score (nSPS) is 8.23. The topological polar surface area (TPSA) is 29.1 Å². The highest BCUT2D eigenvalue weighted by Crippen LogP contribution is 2.04. The number of alkyl halides is 1. The molecule has 0 bridgehead atoms. The number of benzene rings is 1.